The second-order valence-electron chi connectivity index (χ2n) is 11.7. The van der Waals surface area contributed by atoms with Crippen LogP contribution in [0, 0.1) is 11.7 Å². The van der Waals surface area contributed by atoms with Gasteiger partial charge in [-0.3, -0.25) is 9.59 Å². The number of amides is 2. The number of nitrogens with one attached hydrogen (secondary N) is 2. The molecule has 1 aliphatic carbocycles. The number of aliphatic hydroxyl groups excluding tert-OH is 1. The summed E-state index contributed by atoms with van der Waals surface area (Å²) in [5.41, 5.74) is 9.32. The standard InChI is InChI=1S/C33H37FN8O4/c1-40-13-15-41(16-14-40)26-10-12-28(39-29(26)31(43)21-5-6-21)38-25-19-37-42(30(25)32(35)44)23-8-3-20(4-9-23)18-36-33(45)24-17-22(34)7-11-27(24)46-2/h3-4,7-12,17,19,21,31,43H,5-6,13-16,18H2,1-2H3,(H2,35,44)(H,36,45)(H,38,39)/t31-/m1/s1. The second-order valence-corrected chi connectivity index (χ2v) is 11.7. The lowest BCUT2D eigenvalue weighted by Gasteiger charge is -2.35. The number of nitrogens with zero attached hydrogens (tertiary/aromatic N) is 5. The zero-order chi connectivity index (χ0) is 32.4. The number of nitrogens with two attached hydrogens (primary N) is 1. The minimum absolute atomic E-state index is 0.0967. The Bertz CT molecular complexity index is 1730. The average molecular weight is 629 g/mol. The Morgan fingerprint density at radius 1 is 1.09 bits per heavy atom. The first-order valence-electron chi connectivity index (χ1n) is 15.2. The first-order chi connectivity index (χ1) is 22.2. The highest BCUT2D eigenvalue weighted by Gasteiger charge is 2.34. The van der Waals surface area contributed by atoms with Gasteiger partial charge in [-0.1, -0.05) is 12.1 Å². The molecule has 2 amide bonds. The Morgan fingerprint density at radius 2 is 1.83 bits per heavy atom. The molecule has 1 saturated carbocycles. The molecule has 240 valence electrons. The van der Waals surface area contributed by atoms with E-state index < -0.39 is 23.7 Å². The fourth-order valence-electron chi connectivity index (χ4n) is 5.61. The van der Waals surface area contributed by atoms with E-state index >= 15 is 0 Å². The van der Waals surface area contributed by atoms with E-state index in [1.807, 2.05) is 12.1 Å². The van der Waals surface area contributed by atoms with Crippen LogP contribution in [0.1, 0.15) is 51.0 Å². The number of rotatable bonds is 11. The molecule has 3 heterocycles. The summed E-state index contributed by atoms with van der Waals surface area (Å²) in [6.07, 6.45) is 2.77. The van der Waals surface area contributed by atoms with Crippen LogP contribution >= 0.6 is 0 Å². The van der Waals surface area contributed by atoms with Gasteiger partial charge in [0, 0.05) is 32.7 Å². The van der Waals surface area contributed by atoms with Gasteiger partial charge in [-0.25, -0.2) is 14.1 Å². The predicted octanol–water partition coefficient (Wildman–Crippen LogP) is 3.38. The lowest BCUT2D eigenvalue weighted by Crippen LogP contribution is -2.45. The summed E-state index contributed by atoms with van der Waals surface area (Å²) in [5.74, 6) is -0.768. The summed E-state index contributed by atoms with van der Waals surface area (Å²) in [4.78, 5) is 34.7. The number of likely N-dealkylation sites (N-methyl/N-ethyl adjacent to an activating group) is 1. The highest BCUT2D eigenvalue weighted by molar-refractivity contribution is 5.98. The molecule has 1 aliphatic heterocycles. The lowest BCUT2D eigenvalue weighted by atomic mass is 10.1. The number of benzene rings is 2. The fourth-order valence-corrected chi connectivity index (χ4v) is 5.61. The third kappa shape index (κ3) is 6.65. The smallest absolute Gasteiger partial charge is 0.269 e. The van der Waals surface area contributed by atoms with Crippen LogP contribution in [-0.4, -0.2) is 76.9 Å². The molecular weight excluding hydrogens is 591 g/mol. The van der Waals surface area contributed by atoms with Crippen LogP contribution in [0.5, 0.6) is 5.75 Å². The van der Waals surface area contributed by atoms with Crippen LogP contribution in [0.3, 0.4) is 0 Å². The molecule has 1 atom stereocenters. The molecule has 6 rings (SSSR count). The monoisotopic (exact) mass is 628 g/mol. The number of pyridine rings is 1. The van der Waals surface area contributed by atoms with Crippen molar-refractivity contribution in [1.29, 1.82) is 0 Å². The number of aliphatic hydroxyl groups is 1. The predicted molar refractivity (Wildman–Crippen MR) is 171 cm³/mol. The molecule has 0 bridgehead atoms. The molecule has 2 aromatic heterocycles. The van der Waals surface area contributed by atoms with Gasteiger partial charge in [-0.15, -0.1) is 0 Å². The molecule has 2 fully saturated rings. The molecular formula is C33H37FN8O4. The number of hydrogen-bond donors (Lipinski definition) is 4. The maximum absolute atomic E-state index is 13.7. The van der Waals surface area contributed by atoms with Crippen molar-refractivity contribution in [1.82, 2.24) is 25.0 Å². The van der Waals surface area contributed by atoms with Crippen LogP contribution in [0.25, 0.3) is 5.69 Å². The number of ether oxygens (including phenoxy) is 1. The molecule has 5 N–H and O–H groups in total. The Morgan fingerprint density at radius 3 is 2.50 bits per heavy atom. The van der Waals surface area contributed by atoms with E-state index in [2.05, 4.69) is 32.6 Å². The van der Waals surface area contributed by atoms with Gasteiger partial charge in [0.2, 0.25) is 0 Å². The Labute approximate surface area is 266 Å². The summed E-state index contributed by atoms with van der Waals surface area (Å²) < 4.78 is 20.3. The van der Waals surface area contributed by atoms with Gasteiger partial charge in [0.05, 0.1) is 41.6 Å². The van der Waals surface area contributed by atoms with Gasteiger partial charge in [-0.2, -0.15) is 5.10 Å². The third-order valence-electron chi connectivity index (χ3n) is 8.40. The summed E-state index contributed by atoms with van der Waals surface area (Å²) in [5, 5.41) is 21.5. The van der Waals surface area contributed by atoms with E-state index in [0.29, 0.717) is 22.9 Å². The molecule has 46 heavy (non-hydrogen) atoms. The normalized spacial score (nSPS) is 15.8. The van der Waals surface area contributed by atoms with Gasteiger partial charge in [0.25, 0.3) is 11.8 Å². The summed E-state index contributed by atoms with van der Waals surface area (Å²) >= 11 is 0. The minimum Gasteiger partial charge on any atom is -0.496 e. The van der Waals surface area contributed by atoms with Gasteiger partial charge >= 0.3 is 0 Å². The molecule has 2 aliphatic rings. The molecule has 2 aromatic carbocycles. The third-order valence-corrected chi connectivity index (χ3v) is 8.40. The molecule has 0 unspecified atom stereocenters. The van der Waals surface area contributed by atoms with E-state index in [1.165, 1.54) is 30.1 Å². The number of carbonyl (C=O) groups excluding carboxylic acids is 2. The average Bonchev–Trinajstić information content (AvgIpc) is 3.83. The Balaban J connectivity index is 1.19. The molecule has 13 heteroatoms. The van der Waals surface area contributed by atoms with Gasteiger partial charge in [-0.05, 0) is 73.8 Å². The molecule has 12 nitrogen and oxygen atoms in total. The van der Waals surface area contributed by atoms with E-state index in [1.54, 1.807) is 24.3 Å². The van der Waals surface area contributed by atoms with E-state index in [0.717, 1.165) is 56.3 Å². The summed E-state index contributed by atoms with van der Waals surface area (Å²) in [7, 11) is 3.51. The summed E-state index contributed by atoms with van der Waals surface area (Å²) in [6.45, 7) is 3.74. The van der Waals surface area contributed by atoms with Crippen molar-refractivity contribution in [3.8, 4) is 11.4 Å². The van der Waals surface area contributed by atoms with Crippen molar-refractivity contribution < 1.29 is 23.8 Å². The van der Waals surface area contributed by atoms with Crippen molar-refractivity contribution in [2.24, 2.45) is 11.7 Å². The van der Waals surface area contributed by atoms with Gasteiger partial charge < -0.3 is 36.0 Å². The highest BCUT2D eigenvalue weighted by Crippen LogP contribution is 2.43. The Hall–Kier alpha value is -5.01. The molecule has 4 aromatic rings. The minimum atomic E-state index is -0.687. The summed E-state index contributed by atoms with van der Waals surface area (Å²) in [6, 6.07) is 14.6. The second kappa shape index (κ2) is 13.2. The van der Waals surface area contributed by atoms with Crippen molar-refractivity contribution in [2.75, 3.05) is 50.6 Å². The number of anilines is 3. The number of primary amides is 1. The van der Waals surface area contributed by atoms with E-state index in [9.17, 15) is 19.1 Å². The van der Waals surface area contributed by atoms with Crippen molar-refractivity contribution in [3.05, 3.63) is 89.1 Å². The van der Waals surface area contributed by atoms with Crippen LogP contribution in [0.15, 0.2) is 60.8 Å². The maximum atomic E-state index is 13.7. The molecule has 0 spiro atoms. The molecule has 0 radical (unpaired) electrons. The first-order valence-corrected chi connectivity index (χ1v) is 15.2. The highest BCUT2D eigenvalue weighted by atomic mass is 19.1. The van der Waals surface area contributed by atoms with Crippen LogP contribution in [0.2, 0.25) is 0 Å². The number of hydrogen-bond acceptors (Lipinski definition) is 9. The first kappa shape index (κ1) is 31.0. The van der Waals surface area contributed by atoms with Crippen LogP contribution in [-0.2, 0) is 6.54 Å². The number of aromatic nitrogens is 3. The number of halogens is 1. The maximum Gasteiger partial charge on any atom is 0.269 e. The quantitative estimate of drug-likeness (QED) is 0.196. The van der Waals surface area contributed by atoms with Crippen LogP contribution in [0.4, 0.5) is 21.6 Å². The largest absolute Gasteiger partial charge is 0.496 e. The zero-order valence-electron chi connectivity index (χ0n) is 25.7. The lowest BCUT2D eigenvalue weighted by molar-refractivity contribution is 0.0946. The van der Waals surface area contributed by atoms with E-state index in [4.69, 9.17) is 15.5 Å². The number of piperazine rings is 1. The van der Waals surface area contributed by atoms with Gasteiger partial charge in [0.15, 0.2) is 5.69 Å². The molecule has 1 saturated heterocycles. The van der Waals surface area contributed by atoms with Gasteiger partial charge in [0.1, 0.15) is 23.5 Å². The van der Waals surface area contributed by atoms with Crippen molar-refractivity contribution in [2.45, 2.75) is 25.5 Å². The topological polar surface area (TPSA) is 151 Å². The zero-order valence-corrected chi connectivity index (χ0v) is 25.7. The van der Waals surface area contributed by atoms with Crippen molar-refractivity contribution in [3.63, 3.8) is 0 Å². The number of carbonyl (C=O) groups is 2. The number of methoxy groups -OCH3 is 1. The fraction of sp³-hybridized carbons (Fsp3) is 0.333. The van der Waals surface area contributed by atoms with Crippen LogP contribution < -0.4 is 26.0 Å². The Kier molecular flexibility index (Phi) is 8.86. The van der Waals surface area contributed by atoms with Crippen molar-refractivity contribution >= 4 is 29.0 Å². The van der Waals surface area contributed by atoms with E-state index in [-0.39, 0.29) is 29.5 Å². The SMILES string of the molecule is COc1ccc(F)cc1C(=O)NCc1ccc(-n2ncc(Nc3ccc(N4CCN(C)CC4)c([C@H](O)C4CC4)n3)c2C(N)=O)cc1.